The number of benzene rings is 2. The summed E-state index contributed by atoms with van der Waals surface area (Å²) in [5.74, 6) is 0.157. The molecule has 7 heteroatoms. The lowest BCUT2D eigenvalue weighted by Gasteiger charge is -2.33. The van der Waals surface area contributed by atoms with E-state index in [-0.39, 0.29) is 19.0 Å². The molecule has 0 spiro atoms. The molecule has 3 aromatic rings. The van der Waals surface area contributed by atoms with Crippen LogP contribution in [0.1, 0.15) is 30.1 Å². The Bertz CT molecular complexity index is 1040. The Hall–Kier alpha value is -3.22. The third kappa shape index (κ3) is 3.47. The van der Waals surface area contributed by atoms with Gasteiger partial charge >= 0.3 is 5.97 Å². The van der Waals surface area contributed by atoms with E-state index < -0.39 is 12.0 Å². The van der Waals surface area contributed by atoms with Crippen LogP contribution in [0.2, 0.25) is 0 Å². The molecule has 0 bridgehead atoms. The van der Waals surface area contributed by atoms with Crippen molar-refractivity contribution in [1.82, 2.24) is 19.7 Å². The average molecular weight is 378 g/mol. The van der Waals surface area contributed by atoms with Gasteiger partial charge in [-0.1, -0.05) is 42.5 Å². The zero-order valence-electron chi connectivity index (χ0n) is 15.7. The number of rotatable bonds is 5. The van der Waals surface area contributed by atoms with E-state index in [2.05, 4.69) is 40.5 Å². The van der Waals surface area contributed by atoms with Crippen LogP contribution >= 0.6 is 0 Å². The van der Waals surface area contributed by atoms with Gasteiger partial charge in [0.1, 0.15) is 11.9 Å². The van der Waals surface area contributed by atoms with Gasteiger partial charge < -0.3 is 14.6 Å². The van der Waals surface area contributed by atoms with Crippen LogP contribution in [0.4, 0.5) is 0 Å². The van der Waals surface area contributed by atoms with Crippen LogP contribution in [-0.2, 0) is 29.1 Å². The smallest absolute Gasteiger partial charge is 0.328 e. The number of hydrogen-bond acceptors (Lipinski definition) is 4. The van der Waals surface area contributed by atoms with Crippen LogP contribution in [0.25, 0.3) is 10.8 Å². The number of carbonyl (C=O) groups excluding carboxylic acids is 1. The monoisotopic (exact) mass is 378 g/mol. The molecule has 1 aliphatic rings. The third-order valence-corrected chi connectivity index (χ3v) is 5.33. The van der Waals surface area contributed by atoms with Crippen LogP contribution in [0, 0.1) is 6.92 Å². The van der Waals surface area contributed by atoms with Gasteiger partial charge in [0.2, 0.25) is 5.91 Å². The maximum Gasteiger partial charge on any atom is 0.328 e. The molecule has 4 rings (SSSR count). The maximum absolute atomic E-state index is 12.7. The van der Waals surface area contributed by atoms with Gasteiger partial charge in [0, 0.05) is 6.42 Å². The highest BCUT2D eigenvalue weighted by Crippen LogP contribution is 2.21. The molecule has 0 saturated carbocycles. The highest BCUT2D eigenvalue weighted by atomic mass is 16.4. The number of aryl methyl sites for hydroxylation is 2. The Balaban J connectivity index is 1.41. The lowest BCUT2D eigenvalue weighted by molar-refractivity contribution is -0.152. The van der Waals surface area contributed by atoms with Crippen molar-refractivity contribution in [2.24, 2.45) is 0 Å². The SMILES string of the molecule is Cc1nnc2n1CC(C(=O)O)N(C(=O)CCCc1ccc3ccccc3c1)C2. The fourth-order valence-corrected chi connectivity index (χ4v) is 3.77. The molecule has 1 aromatic heterocycles. The minimum Gasteiger partial charge on any atom is -0.480 e. The first-order valence-corrected chi connectivity index (χ1v) is 9.41. The summed E-state index contributed by atoms with van der Waals surface area (Å²) in [4.78, 5) is 25.8. The van der Waals surface area contributed by atoms with E-state index in [0.29, 0.717) is 24.5 Å². The molecule has 0 aliphatic carbocycles. The first-order chi connectivity index (χ1) is 13.5. The maximum atomic E-state index is 12.7. The standard InChI is InChI=1S/C21H22N4O3/c1-14-22-23-19-13-25(18(21(27)28)12-24(14)19)20(26)8-4-5-15-9-10-16-6-2-3-7-17(16)11-15/h2-3,6-7,9-11,18H,4-5,8,12-13H2,1H3,(H,27,28). The second kappa shape index (κ2) is 7.42. The number of nitrogens with zero attached hydrogens (tertiary/aromatic N) is 4. The molecular formula is C21H22N4O3. The topological polar surface area (TPSA) is 88.3 Å². The number of carboxylic acids is 1. The van der Waals surface area contributed by atoms with E-state index in [1.165, 1.54) is 21.2 Å². The number of aromatic nitrogens is 3. The number of carboxylic acid groups (broad SMARTS) is 1. The van der Waals surface area contributed by atoms with E-state index in [9.17, 15) is 14.7 Å². The number of fused-ring (bicyclic) bond motifs is 2. The van der Waals surface area contributed by atoms with Gasteiger partial charge in [-0.05, 0) is 36.1 Å². The van der Waals surface area contributed by atoms with Gasteiger partial charge in [-0.25, -0.2) is 4.79 Å². The molecule has 1 aliphatic heterocycles. The van der Waals surface area contributed by atoms with Crippen molar-refractivity contribution in [2.75, 3.05) is 0 Å². The van der Waals surface area contributed by atoms with Crippen molar-refractivity contribution < 1.29 is 14.7 Å². The summed E-state index contributed by atoms with van der Waals surface area (Å²) < 4.78 is 1.78. The summed E-state index contributed by atoms with van der Waals surface area (Å²) >= 11 is 0. The van der Waals surface area contributed by atoms with Crippen molar-refractivity contribution in [3.63, 3.8) is 0 Å². The normalized spacial score (nSPS) is 16.2. The Kier molecular flexibility index (Phi) is 4.81. The molecule has 0 fully saturated rings. The minimum atomic E-state index is -0.998. The van der Waals surface area contributed by atoms with E-state index in [0.717, 1.165) is 6.42 Å². The summed E-state index contributed by atoms with van der Waals surface area (Å²) in [5, 5.41) is 20.0. The van der Waals surface area contributed by atoms with Crippen LogP contribution in [0.3, 0.4) is 0 Å². The van der Waals surface area contributed by atoms with E-state index in [1.807, 2.05) is 12.1 Å². The molecule has 2 heterocycles. The third-order valence-electron chi connectivity index (χ3n) is 5.33. The summed E-state index contributed by atoms with van der Waals surface area (Å²) in [6.07, 6.45) is 1.76. The zero-order chi connectivity index (χ0) is 19.7. The number of aliphatic carboxylic acids is 1. The number of hydrogen-bond donors (Lipinski definition) is 1. The lowest BCUT2D eigenvalue weighted by Crippen LogP contribution is -2.50. The predicted octanol–water partition coefficient (Wildman–Crippen LogP) is 2.56. The van der Waals surface area contributed by atoms with Crippen molar-refractivity contribution in [3.8, 4) is 0 Å². The summed E-state index contributed by atoms with van der Waals surface area (Å²) in [6, 6.07) is 13.6. The minimum absolute atomic E-state index is 0.153. The predicted molar refractivity (Wildman–Crippen MR) is 104 cm³/mol. The Morgan fingerprint density at radius 1 is 1.14 bits per heavy atom. The van der Waals surface area contributed by atoms with Crippen molar-refractivity contribution in [3.05, 3.63) is 59.7 Å². The molecule has 1 unspecified atom stereocenters. The summed E-state index contributed by atoms with van der Waals surface area (Å²) in [5.41, 5.74) is 1.18. The van der Waals surface area contributed by atoms with Crippen molar-refractivity contribution in [2.45, 2.75) is 45.3 Å². The number of carbonyl (C=O) groups is 2. The Labute approximate surface area is 162 Å². The Morgan fingerprint density at radius 2 is 1.93 bits per heavy atom. The molecule has 144 valence electrons. The second-order valence-electron chi connectivity index (χ2n) is 7.18. The van der Waals surface area contributed by atoms with E-state index in [4.69, 9.17) is 0 Å². The molecule has 0 radical (unpaired) electrons. The second-order valence-corrected chi connectivity index (χ2v) is 7.18. The van der Waals surface area contributed by atoms with Crippen molar-refractivity contribution in [1.29, 1.82) is 0 Å². The lowest BCUT2D eigenvalue weighted by atomic mass is 10.0. The largest absolute Gasteiger partial charge is 0.480 e. The summed E-state index contributed by atoms with van der Waals surface area (Å²) in [7, 11) is 0. The van der Waals surface area contributed by atoms with Gasteiger partial charge in [-0.2, -0.15) is 0 Å². The van der Waals surface area contributed by atoms with E-state index in [1.54, 1.807) is 11.5 Å². The molecule has 2 aromatic carbocycles. The zero-order valence-corrected chi connectivity index (χ0v) is 15.7. The molecule has 1 atom stereocenters. The number of amides is 1. The average Bonchev–Trinajstić information content (AvgIpc) is 3.07. The summed E-state index contributed by atoms with van der Waals surface area (Å²) in [6.45, 7) is 2.17. The van der Waals surface area contributed by atoms with Crippen molar-refractivity contribution >= 4 is 22.6 Å². The van der Waals surface area contributed by atoms with Crippen LogP contribution in [0.15, 0.2) is 42.5 Å². The quantitative estimate of drug-likeness (QED) is 0.737. The highest BCUT2D eigenvalue weighted by molar-refractivity contribution is 5.84. The van der Waals surface area contributed by atoms with Crippen LogP contribution < -0.4 is 0 Å². The van der Waals surface area contributed by atoms with E-state index >= 15 is 0 Å². The highest BCUT2D eigenvalue weighted by Gasteiger charge is 2.35. The molecule has 0 saturated heterocycles. The van der Waals surface area contributed by atoms with Gasteiger partial charge in [-0.15, -0.1) is 10.2 Å². The first-order valence-electron chi connectivity index (χ1n) is 9.41. The van der Waals surface area contributed by atoms with Gasteiger partial charge in [0.15, 0.2) is 5.82 Å². The first kappa shape index (κ1) is 18.2. The molecule has 28 heavy (non-hydrogen) atoms. The Morgan fingerprint density at radius 3 is 2.71 bits per heavy atom. The molecular weight excluding hydrogens is 356 g/mol. The van der Waals surface area contributed by atoms with Gasteiger partial charge in [-0.3, -0.25) is 4.79 Å². The van der Waals surface area contributed by atoms with Crippen LogP contribution in [-0.4, -0.2) is 42.7 Å². The molecule has 1 N–H and O–H groups in total. The molecule has 1 amide bonds. The fraction of sp³-hybridized carbons (Fsp3) is 0.333. The van der Waals surface area contributed by atoms with Gasteiger partial charge in [0.05, 0.1) is 13.1 Å². The van der Waals surface area contributed by atoms with Crippen LogP contribution in [0.5, 0.6) is 0 Å². The fourth-order valence-electron chi connectivity index (χ4n) is 3.77. The molecule has 7 nitrogen and oxygen atoms in total. The van der Waals surface area contributed by atoms with Gasteiger partial charge in [0.25, 0.3) is 0 Å².